The molecule has 0 saturated carbocycles. The Morgan fingerprint density at radius 3 is 1.36 bits per heavy atom. The fourth-order valence-corrected chi connectivity index (χ4v) is 9.15. The van der Waals surface area contributed by atoms with Crippen LogP contribution in [0.25, 0.3) is 0 Å². The lowest BCUT2D eigenvalue weighted by molar-refractivity contribution is -0.302. The molecule has 1 saturated heterocycles. The molecule has 7 unspecified atom stereocenters. The van der Waals surface area contributed by atoms with Crippen LogP contribution in [0, 0.1) is 0 Å². The Kier molecular flexibility index (Phi) is 51.1. The van der Waals surface area contributed by atoms with Crippen LogP contribution < -0.4 is 5.32 Å². The normalized spacial score (nSPS) is 19.2. The SMILES string of the molecule is CCCC/C=C\C/C=C\CCCCCCCC(=O)OCCCCCCCCCCC/C=C\C/C=C\CCCCCCCCCC(=O)NC(COC1OC(CO)C(O)C(O)C1O)C(O)/C=C/CC/C=C/CC/C=C/CCCC. The van der Waals surface area contributed by atoms with E-state index in [0.717, 1.165) is 109 Å². The van der Waals surface area contributed by atoms with E-state index >= 15 is 0 Å². The molecule has 0 spiro atoms. The van der Waals surface area contributed by atoms with Crippen molar-refractivity contribution >= 4 is 11.9 Å². The second-order valence-electron chi connectivity index (χ2n) is 21.4. The summed E-state index contributed by atoms with van der Waals surface area (Å²) in [6, 6.07) is -0.844. The molecule has 0 bridgehead atoms. The van der Waals surface area contributed by atoms with E-state index in [1.807, 2.05) is 6.08 Å². The van der Waals surface area contributed by atoms with Gasteiger partial charge in [-0.25, -0.2) is 0 Å². The minimum absolute atomic E-state index is 0.0213. The molecule has 11 heteroatoms. The number of carbonyl (C=O) groups is 2. The van der Waals surface area contributed by atoms with E-state index in [-0.39, 0.29) is 18.5 Å². The molecule has 0 radical (unpaired) electrons. The van der Waals surface area contributed by atoms with Gasteiger partial charge in [0.2, 0.25) is 5.91 Å². The predicted molar refractivity (Wildman–Crippen MR) is 319 cm³/mol. The van der Waals surface area contributed by atoms with Gasteiger partial charge in [-0.15, -0.1) is 0 Å². The van der Waals surface area contributed by atoms with E-state index in [2.05, 4.69) is 92.1 Å². The van der Waals surface area contributed by atoms with Gasteiger partial charge >= 0.3 is 5.97 Å². The van der Waals surface area contributed by atoms with Gasteiger partial charge in [-0.2, -0.15) is 0 Å². The van der Waals surface area contributed by atoms with Crippen molar-refractivity contribution in [2.45, 2.75) is 301 Å². The summed E-state index contributed by atoms with van der Waals surface area (Å²) in [6.45, 7) is 4.20. The number of amides is 1. The first kappa shape index (κ1) is 71.9. The standard InChI is InChI=1S/C66H115NO10/c1-3-5-7-9-11-13-15-17-30-34-38-42-46-50-54-62(71)75-55-51-47-43-39-35-31-28-26-24-22-20-18-19-21-23-25-27-29-33-37-41-45-49-53-61(70)67-58(57-76-66-65(74)64(73)63(72)60(56-68)77-66)59(69)52-48-44-40-36-32-16-14-12-10-8-6-4-2/h9-12,15,17-18,20-21,23,32,36,48,52,58-60,63-66,68-69,72-74H,3-8,13-14,16,19,22,24-31,33-35,37-47,49-51,53-57H2,1-2H3,(H,67,70)/b11-9-,12-10+,17-15-,20-18-,23-21-,36-32+,52-48+. The molecular weight excluding hydrogens is 967 g/mol. The Morgan fingerprint density at radius 2 is 0.883 bits per heavy atom. The topological polar surface area (TPSA) is 175 Å². The van der Waals surface area contributed by atoms with Gasteiger partial charge in [-0.3, -0.25) is 9.59 Å². The summed E-state index contributed by atoms with van der Waals surface area (Å²) in [5.41, 5.74) is 0. The lowest BCUT2D eigenvalue weighted by Gasteiger charge is -2.40. The van der Waals surface area contributed by atoms with Crippen LogP contribution in [0.4, 0.5) is 0 Å². The Morgan fingerprint density at radius 1 is 0.481 bits per heavy atom. The quantitative estimate of drug-likeness (QED) is 0.0195. The highest BCUT2D eigenvalue weighted by Gasteiger charge is 2.44. The summed E-state index contributed by atoms with van der Waals surface area (Å²) in [7, 11) is 0. The first-order valence-electron chi connectivity index (χ1n) is 31.4. The molecule has 0 aliphatic carbocycles. The van der Waals surface area contributed by atoms with Gasteiger partial charge in [0.05, 0.1) is 32.0 Å². The van der Waals surface area contributed by atoms with Crippen LogP contribution in [0.15, 0.2) is 85.1 Å². The average molecular weight is 1080 g/mol. The number of aliphatic hydroxyl groups is 5. The molecule has 444 valence electrons. The number of ether oxygens (including phenoxy) is 3. The highest BCUT2D eigenvalue weighted by molar-refractivity contribution is 5.76. The van der Waals surface area contributed by atoms with Crippen LogP contribution in [0.1, 0.15) is 258 Å². The Hall–Kier alpha value is -3.16. The van der Waals surface area contributed by atoms with Gasteiger partial charge in [0.15, 0.2) is 6.29 Å². The fourth-order valence-electron chi connectivity index (χ4n) is 9.15. The summed E-state index contributed by atoms with van der Waals surface area (Å²) in [6.07, 6.45) is 64.0. The maximum atomic E-state index is 13.0. The fraction of sp³-hybridized carbons (Fsp3) is 0.758. The molecular formula is C66H115NO10. The van der Waals surface area contributed by atoms with Gasteiger partial charge < -0.3 is 45.1 Å². The summed E-state index contributed by atoms with van der Waals surface area (Å²) < 4.78 is 16.7. The van der Waals surface area contributed by atoms with Crippen molar-refractivity contribution in [1.29, 1.82) is 0 Å². The number of nitrogens with one attached hydrogen (secondary N) is 1. The molecule has 7 atom stereocenters. The second kappa shape index (κ2) is 54.8. The van der Waals surface area contributed by atoms with Crippen molar-refractivity contribution in [3.8, 4) is 0 Å². The van der Waals surface area contributed by atoms with Crippen molar-refractivity contribution in [1.82, 2.24) is 5.32 Å². The first-order chi connectivity index (χ1) is 37.7. The maximum Gasteiger partial charge on any atom is 0.305 e. The van der Waals surface area contributed by atoms with Crippen LogP contribution >= 0.6 is 0 Å². The molecule has 1 aliphatic heterocycles. The van der Waals surface area contributed by atoms with Crippen molar-refractivity contribution in [3.63, 3.8) is 0 Å². The molecule has 1 rings (SSSR count). The van der Waals surface area contributed by atoms with Gasteiger partial charge in [-0.05, 0) is 109 Å². The van der Waals surface area contributed by atoms with E-state index in [4.69, 9.17) is 14.2 Å². The van der Waals surface area contributed by atoms with E-state index in [0.29, 0.717) is 25.9 Å². The van der Waals surface area contributed by atoms with Crippen LogP contribution in [0.3, 0.4) is 0 Å². The van der Waals surface area contributed by atoms with Gasteiger partial charge in [0.25, 0.3) is 0 Å². The minimum atomic E-state index is -1.59. The lowest BCUT2D eigenvalue weighted by Crippen LogP contribution is -2.60. The van der Waals surface area contributed by atoms with E-state index in [9.17, 15) is 35.1 Å². The number of hydrogen-bond donors (Lipinski definition) is 6. The van der Waals surface area contributed by atoms with Crippen molar-refractivity contribution in [3.05, 3.63) is 85.1 Å². The lowest BCUT2D eigenvalue weighted by atomic mass is 9.99. The number of aliphatic hydroxyl groups excluding tert-OH is 5. The molecule has 11 nitrogen and oxygen atoms in total. The highest BCUT2D eigenvalue weighted by Crippen LogP contribution is 2.23. The average Bonchev–Trinajstić information content (AvgIpc) is 3.43. The Labute approximate surface area is 470 Å². The number of hydrogen-bond acceptors (Lipinski definition) is 10. The zero-order chi connectivity index (χ0) is 55.9. The summed E-state index contributed by atoms with van der Waals surface area (Å²) in [5, 5.41) is 54.3. The van der Waals surface area contributed by atoms with Crippen LogP contribution in [0.2, 0.25) is 0 Å². The number of esters is 1. The summed E-state index contributed by atoms with van der Waals surface area (Å²) in [5.74, 6) is -0.231. The molecule has 0 aromatic heterocycles. The van der Waals surface area contributed by atoms with E-state index in [1.165, 1.54) is 116 Å². The van der Waals surface area contributed by atoms with Gasteiger partial charge in [0.1, 0.15) is 24.4 Å². The van der Waals surface area contributed by atoms with E-state index < -0.39 is 49.5 Å². The van der Waals surface area contributed by atoms with Crippen molar-refractivity contribution < 1.29 is 49.3 Å². The Bertz CT molecular complexity index is 1550. The van der Waals surface area contributed by atoms with Crippen LogP contribution in [-0.4, -0.2) is 100 Å². The molecule has 0 aromatic carbocycles. The molecule has 0 aromatic rings. The zero-order valence-electron chi connectivity index (χ0n) is 48.9. The zero-order valence-corrected chi connectivity index (χ0v) is 48.9. The third-order valence-corrected chi connectivity index (χ3v) is 14.2. The molecule has 77 heavy (non-hydrogen) atoms. The third-order valence-electron chi connectivity index (χ3n) is 14.2. The monoisotopic (exact) mass is 1080 g/mol. The number of rotatable bonds is 53. The predicted octanol–water partition coefficient (Wildman–Crippen LogP) is 14.9. The summed E-state index contributed by atoms with van der Waals surface area (Å²) >= 11 is 0. The minimum Gasteiger partial charge on any atom is -0.466 e. The van der Waals surface area contributed by atoms with E-state index in [1.54, 1.807) is 6.08 Å². The Balaban J connectivity index is 2.07. The summed E-state index contributed by atoms with van der Waals surface area (Å²) in [4.78, 5) is 25.1. The van der Waals surface area contributed by atoms with Gasteiger partial charge in [-0.1, -0.05) is 221 Å². The molecule has 1 heterocycles. The van der Waals surface area contributed by atoms with Gasteiger partial charge in [0, 0.05) is 12.8 Å². The smallest absolute Gasteiger partial charge is 0.305 e. The molecule has 6 N–H and O–H groups in total. The van der Waals surface area contributed by atoms with Crippen molar-refractivity contribution in [2.24, 2.45) is 0 Å². The number of allylic oxidation sites excluding steroid dienone is 13. The third kappa shape index (κ3) is 44.3. The number of carbonyl (C=O) groups excluding carboxylic acids is 2. The second-order valence-corrected chi connectivity index (χ2v) is 21.4. The van der Waals surface area contributed by atoms with Crippen molar-refractivity contribution in [2.75, 3.05) is 19.8 Å². The maximum absolute atomic E-state index is 13.0. The highest BCUT2D eigenvalue weighted by atomic mass is 16.7. The van der Waals surface area contributed by atoms with Crippen LogP contribution in [0.5, 0.6) is 0 Å². The molecule has 1 fully saturated rings. The number of unbranched alkanes of at least 4 members (excludes halogenated alkanes) is 27. The molecule has 1 amide bonds. The van der Waals surface area contributed by atoms with Crippen LogP contribution in [-0.2, 0) is 23.8 Å². The molecule has 1 aliphatic rings. The first-order valence-corrected chi connectivity index (χ1v) is 31.4. The largest absolute Gasteiger partial charge is 0.466 e.